The lowest BCUT2D eigenvalue weighted by Crippen LogP contribution is -2.35. The Kier molecular flexibility index (Phi) is 7.64. The van der Waals surface area contributed by atoms with Crippen molar-refractivity contribution in [2.75, 3.05) is 19.7 Å². The lowest BCUT2D eigenvalue weighted by molar-refractivity contribution is -0.384. The fourth-order valence-corrected chi connectivity index (χ4v) is 5.51. The molecule has 2 aliphatic heterocycles. The summed E-state index contributed by atoms with van der Waals surface area (Å²) in [5.41, 5.74) is 2.97. The van der Waals surface area contributed by atoms with Crippen LogP contribution in [0.1, 0.15) is 42.3 Å². The number of nitrogens with zero attached hydrogens (tertiary/aromatic N) is 5. The van der Waals surface area contributed by atoms with Gasteiger partial charge in [-0.1, -0.05) is 23.7 Å². The number of pyridine rings is 1. The van der Waals surface area contributed by atoms with Gasteiger partial charge in [0, 0.05) is 47.0 Å². The van der Waals surface area contributed by atoms with Crippen molar-refractivity contribution >= 4 is 28.3 Å². The van der Waals surface area contributed by atoms with E-state index in [0.29, 0.717) is 35.1 Å². The number of non-ortho nitro benzene ring substituents is 1. The normalized spacial score (nSPS) is 18.1. The van der Waals surface area contributed by atoms with Crippen LogP contribution in [0.2, 0.25) is 5.02 Å². The van der Waals surface area contributed by atoms with Crippen LogP contribution in [0, 0.1) is 15.9 Å². The van der Waals surface area contributed by atoms with Crippen molar-refractivity contribution < 1.29 is 18.8 Å². The summed E-state index contributed by atoms with van der Waals surface area (Å²) in [4.78, 5) is 22.8. The van der Waals surface area contributed by atoms with E-state index in [4.69, 9.17) is 31.0 Å². The molecule has 4 aromatic rings. The van der Waals surface area contributed by atoms with Crippen LogP contribution in [0.15, 0.2) is 54.6 Å². The Labute approximate surface area is 235 Å². The predicted octanol–water partition coefficient (Wildman–Crippen LogP) is 5.88. The molecular formula is C29H29ClFN5O4. The van der Waals surface area contributed by atoms with Crippen LogP contribution in [0.5, 0.6) is 5.88 Å². The van der Waals surface area contributed by atoms with Gasteiger partial charge in [-0.3, -0.25) is 15.0 Å². The molecule has 1 atom stereocenters. The van der Waals surface area contributed by atoms with Crippen LogP contribution < -0.4 is 4.74 Å². The molecule has 0 N–H and O–H groups in total. The largest absolute Gasteiger partial charge is 0.473 e. The highest BCUT2D eigenvalue weighted by atomic mass is 35.5. The molecule has 2 aliphatic rings. The number of imidazole rings is 1. The number of piperidine rings is 1. The summed E-state index contributed by atoms with van der Waals surface area (Å²) in [6, 6.07) is 15.1. The van der Waals surface area contributed by atoms with Gasteiger partial charge in [0.25, 0.3) is 5.69 Å². The molecule has 0 radical (unpaired) electrons. The first-order valence-corrected chi connectivity index (χ1v) is 13.8. The second-order valence-corrected chi connectivity index (χ2v) is 10.8. The Morgan fingerprint density at radius 2 is 1.93 bits per heavy atom. The van der Waals surface area contributed by atoms with Crippen LogP contribution in [0.25, 0.3) is 11.0 Å². The van der Waals surface area contributed by atoms with Gasteiger partial charge in [0.1, 0.15) is 18.2 Å². The van der Waals surface area contributed by atoms with E-state index in [2.05, 4.69) is 9.47 Å². The van der Waals surface area contributed by atoms with Gasteiger partial charge in [-0.25, -0.2) is 14.4 Å². The molecule has 0 amide bonds. The predicted molar refractivity (Wildman–Crippen MR) is 148 cm³/mol. The molecule has 2 saturated heterocycles. The van der Waals surface area contributed by atoms with E-state index in [1.165, 1.54) is 12.1 Å². The Bertz CT molecular complexity index is 1530. The van der Waals surface area contributed by atoms with Crippen molar-refractivity contribution in [2.45, 2.75) is 51.0 Å². The molecule has 0 aliphatic carbocycles. The summed E-state index contributed by atoms with van der Waals surface area (Å²) in [5.74, 6) is 1.25. The van der Waals surface area contributed by atoms with Crippen molar-refractivity contribution in [3.8, 4) is 5.88 Å². The molecule has 0 spiro atoms. The van der Waals surface area contributed by atoms with E-state index in [9.17, 15) is 14.5 Å². The molecule has 0 bridgehead atoms. The SMILES string of the molecule is O=[N+]([O-])c1ccc2c(c1)nc(CN1CCC(c3cccc(OCc4ccc(Cl)cc4F)n3)CC1)n2C[C@@H]1CCO1. The standard InChI is InChI=1S/C29H29ClFN5O4/c30-21-5-4-20(24(31)14-21)18-40-29-3-1-2-25(33-29)19-8-11-34(12-9-19)17-28-32-26-15-22(36(37)38)6-7-27(26)35(28)16-23-10-13-39-23/h1-7,14-15,19,23H,8-13,16-18H2/t23-/m0/s1. The van der Waals surface area contributed by atoms with E-state index in [0.717, 1.165) is 56.0 Å². The van der Waals surface area contributed by atoms with Crippen LogP contribution in [0.4, 0.5) is 10.1 Å². The highest BCUT2D eigenvalue weighted by Crippen LogP contribution is 2.30. The molecule has 40 heavy (non-hydrogen) atoms. The summed E-state index contributed by atoms with van der Waals surface area (Å²) in [6.07, 6.45) is 3.01. The summed E-state index contributed by atoms with van der Waals surface area (Å²) >= 11 is 5.84. The zero-order chi connectivity index (χ0) is 27.6. The lowest BCUT2D eigenvalue weighted by Gasteiger charge is -2.32. The van der Waals surface area contributed by atoms with Gasteiger partial charge in [-0.05, 0) is 56.6 Å². The van der Waals surface area contributed by atoms with Crippen molar-refractivity contribution in [3.05, 3.63) is 92.6 Å². The molecular weight excluding hydrogens is 537 g/mol. The third-order valence-corrected chi connectivity index (χ3v) is 7.94. The topological polar surface area (TPSA) is 95.5 Å². The van der Waals surface area contributed by atoms with E-state index >= 15 is 0 Å². The van der Waals surface area contributed by atoms with E-state index in [1.54, 1.807) is 30.3 Å². The molecule has 4 heterocycles. The van der Waals surface area contributed by atoms with Gasteiger partial charge >= 0.3 is 0 Å². The quantitative estimate of drug-likeness (QED) is 0.185. The van der Waals surface area contributed by atoms with Crippen molar-refractivity contribution in [1.82, 2.24) is 19.4 Å². The first-order valence-electron chi connectivity index (χ1n) is 13.4. The summed E-state index contributed by atoms with van der Waals surface area (Å²) in [5, 5.41) is 11.6. The molecule has 0 saturated carbocycles. The number of aromatic nitrogens is 3. The number of benzene rings is 2. The van der Waals surface area contributed by atoms with Gasteiger partial charge in [-0.15, -0.1) is 0 Å². The Balaban J connectivity index is 1.11. The Hall–Kier alpha value is -3.60. The maximum absolute atomic E-state index is 14.1. The maximum Gasteiger partial charge on any atom is 0.271 e. The van der Waals surface area contributed by atoms with Crippen LogP contribution in [-0.4, -0.2) is 50.2 Å². The number of fused-ring (bicyclic) bond motifs is 1. The van der Waals surface area contributed by atoms with Crippen molar-refractivity contribution in [2.24, 2.45) is 0 Å². The zero-order valence-corrected chi connectivity index (χ0v) is 22.6. The van der Waals surface area contributed by atoms with E-state index in [1.807, 2.05) is 12.1 Å². The number of ether oxygens (including phenoxy) is 2. The smallest absolute Gasteiger partial charge is 0.271 e. The maximum atomic E-state index is 14.1. The molecule has 208 valence electrons. The second-order valence-electron chi connectivity index (χ2n) is 10.3. The average molecular weight is 566 g/mol. The first kappa shape index (κ1) is 26.6. The minimum absolute atomic E-state index is 0.0430. The second kappa shape index (κ2) is 11.5. The Morgan fingerprint density at radius 3 is 2.65 bits per heavy atom. The van der Waals surface area contributed by atoms with Gasteiger partial charge in [0.2, 0.25) is 5.88 Å². The number of hydrogen-bond acceptors (Lipinski definition) is 7. The van der Waals surface area contributed by atoms with E-state index in [-0.39, 0.29) is 29.2 Å². The number of hydrogen-bond donors (Lipinski definition) is 0. The molecule has 0 unspecified atom stereocenters. The fraction of sp³-hybridized carbons (Fsp3) is 0.379. The minimum atomic E-state index is -0.400. The molecule has 2 aromatic heterocycles. The molecule has 11 heteroatoms. The van der Waals surface area contributed by atoms with Gasteiger partial charge in [0.15, 0.2) is 0 Å². The lowest BCUT2D eigenvalue weighted by atomic mass is 9.93. The Morgan fingerprint density at radius 1 is 1.10 bits per heavy atom. The number of likely N-dealkylation sites (tertiary alicyclic amines) is 1. The van der Waals surface area contributed by atoms with E-state index < -0.39 is 5.82 Å². The number of nitro groups is 1. The van der Waals surface area contributed by atoms with Crippen LogP contribution in [-0.2, 0) is 24.4 Å². The van der Waals surface area contributed by atoms with Crippen LogP contribution >= 0.6 is 11.6 Å². The molecule has 2 aromatic carbocycles. The van der Waals surface area contributed by atoms with Gasteiger partial charge in [-0.2, -0.15) is 0 Å². The number of halogens is 2. The molecule has 6 rings (SSSR count). The van der Waals surface area contributed by atoms with Gasteiger partial charge in [0.05, 0.1) is 35.2 Å². The first-order chi connectivity index (χ1) is 19.4. The fourth-order valence-electron chi connectivity index (χ4n) is 5.35. The number of rotatable bonds is 9. The van der Waals surface area contributed by atoms with Crippen LogP contribution in [0.3, 0.4) is 0 Å². The van der Waals surface area contributed by atoms with Crippen molar-refractivity contribution in [3.63, 3.8) is 0 Å². The minimum Gasteiger partial charge on any atom is -0.473 e. The summed E-state index contributed by atoms with van der Waals surface area (Å²) in [7, 11) is 0. The van der Waals surface area contributed by atoms with Gasteiger partial charge < -0.3 is 14.0 Å². The molecule has 9 nitrogen and oxygen atoms in total. The monoisotopic (exact) mass is 565 g/mol. The third-order valence-electron chi connectivity index (χ3n) is 7.71. The molecule has 2 fully saturated rings. The third kappa shape index (κ3) is 5.79. The van der Waals surface area contributed by atoms with Crippen molar-refractivity contribution in [1.29, 1.82) is 0 Å². The number of nitro benzene ring substituents is 1. The zero-order valence-electron chi connectivity index (χ0n) is 21.8. The highest BCUT2D eigenvalue weighted by Gasteiger charge is 2.26. The average Bonchev–Trinajstić information content (AvgIpc) is 3.26. The summed E-state index contributed by atoms with van der Waals surface area (Å²) < 4.78 is 27.7. The summed E-state index contributed by atoms with van der Waals surface area (Å²) in [6.45, 7) is 3.94. The highest BCUT2D eigenvalue weighted by molar-refractivity contribution is 6.30.